The molecule has 2 aromatic carbocycles. The van der Waals surface area contributed by atoms with Gasteiger partial charge < -0.3 is 9.80 Å². The summed E-state index contributed by atoms with van der Waals surface area (Å²) in [5.74, 6) is 0.297. The van der Waals surface area contributed by atoms with Crippen molar-refractivity contribution in [3.05, 3.63) is 70.7 Å². The number of likely N-dealkylation sites (N-methyl/N-ethyl adjacent to an activating group) is 1. The Morgan fingerprint density at radius 1 is 0.960 bits per heavy atom. The third-order valence-electron chi connectivity index (χ3n) is 4.93. The second-order valence-electron chi connectivity index (χ2n) is 6.76. The number of carbonyl (C=O) groups excluding carboxylic acids is 1. The zero-order valence-electron chi connectivity index (χ0n) is 14.7. The van der Waals surface area contributed by atoms with Crippen LogP contribution in [0, 0.1) is 0 Å². The molecule has 0 aliphatic carbocycles. The first kappa shape index (κ1) is 18.0. The van der Waals surface area contributed by atoms with Gasteiger partial charge in [0.1, 0.15) is 0 Å². The summed E-state index contributed by atoms with van der Waals surface area (Å²) in [5.41, 5.74) is 2.31. The molecule has 2 aromatic rings. The topological polar surface area (TPSA) is 23.6 Å². The fraction of sp³-hybridized carbons (Fsp3) is 0.381. The van der Waals surface area contributed by atoms with E-state index in [-0.39, 0.29) is 11.8 Å². The van der Waals surface area contributed by atoms with Crippen LogP contribution in [0.1, 0.15) is 29.9 Å². The molecule has 3 rings (SSSR count). The maximum atomic E-state index is 13.0. The van der Waals surface area contributed by atoms with Crippen molar-refractivity contribution in [1.29, 1.82) is 0 Å². The predicted molar refractivity (Wildman–Crippen MR) is 103 cm³/mol. The maximum absolute atomic E-state index is 13.0. The van der Waals surface area contributed by atoms with E-state index in [0.29, 0.717) is 6.42 Å². The first-order chi connectivity index (χ1) is 12.1. The highest BCUT2D eigenvalue weighted by Crippen LogP contribution is 2.29. The van der Waals surface area contributed by atoms with Gasteiger partial charge in [-0.1, -0.05) is 54.1 Å². The molecule has 1 fully saturated rings. The molecule has 132 valence electrons. The highest BCUT2D eigenvalue weighted by molar-refractivity contribution is 6.30. The monoisotopic (exact) mass is 356 g/mol. The van der Waals surface area contributed by atoms with E-state index in [1.165, 1.54) is 5.56 Å². The number of nitrogens with zero attached hydrogens (tertiary/aromatic N) is 2. The number of benzene rings is 2. The molecule has 1 unspecified atom stereocenters. The average molecular weight is 357 g/mol. The Balaban J connectivity index is 1.80. The molecular weight excluding hydrogens is 332 g/mol. The van der Waals surface area contributed by atoms with Gasteiger partial charge in [-0.3, -0.25) is 4.79 Å². The third kappa shape index (κ3) is 4.83. The highest BCUT2D eigenvalue weighted by atomic mass is 35.5. The number of rotatable bonds is 4. The van der Waals surface area contributed by atoms with Gasteiger partial charge in [0, 0.05) is 37.0 Å². The van der Waals surface area contributed by atoms with E-state index in [1.807, 2.05) is 47.4 Å². The molecule has 1 saturated heterocycles. The van der Waals surface area contributed by atoms with E-state index in [2.05, 4.69) is 24.1 Å². The molecule has 0 bridgehead atoms. The molecule has 1 amide bonds. The molecule has 1 heterocycles. The van der Waals surface area contributed by atoms with E-state index < -0.39 is 0 Å². The molecule has 0 spiro atoms. The van der Waals surface area contributed by atoms with Gasteiger partial charge in [0.05, 0.1) is 0 Å². The minimum absolute atomic E-state index is 0.0620. The summed E-state index contributed by atoms with van der Waals surface area (Å²) < 4.78 is 0. The molecule has 0 N–H and O–H groups in total. The van der Waals surface area contributed by atoms with Crippen LogP contribution >= 0.6 is 11.6 Å². The van der Waals surface area contributed by atoms with Gasteiger partial charge in [0.2, 0.25) is 5.91 Å². The maximum Gasteiger partial charge on any atom is 0.223 e. The molecule has 0 aromatic heterocycles. The van der Waals surface area contributed by atoms with Gasteiger partial charge in [-0.25, -0.2) is 0 Å². The Bertz CT molecular complexity index is 687. The van der Waals surface area contributed by atoms with Crippen molar-refractivity contribution in [2.24, 2.45) is 0 Å². The van der Waals surface area contributed by atoms with Gasteiger partial charge in [-0.15, -0.1) is 0 Å². The molecular formula is C21H25ClN2O. The molecule has 1 aliphatic rings. The van der Waals surface area contributed by atoms with Crippen LogP contribution in [-0.2, 0) is 4.79 Å². The lowest BCUT2D eigenvalue weighted by Gasteiger charge is -2.24. The number of hydrogen-bond acceptors (Lipinski definition) is 2. The fourth-order valence-corrected chi connectivity index (χ4v) is 3.53. The average Bonchev–Trinajstić information content (AvgIpc) is 2.86. The highest BCUT2D eigenvalue weighted by Gasteiger charge is 2.23. The van der Waals surface area contributed by atoms with Crippen molar-refractivity contribution >= 4 is 17.5 Å². The van der Waals surface area contributed by atoms with Gasteiger partial charge >= 0.3 is 0 Å². The third-order valence-corrected chi connectivity index (χ3v) is 5.18. The van der Waals surface area contributed by atoms with E-state index in [0.717, 1.165) is 43.2 Å². The van der Waals surface area contributed by atoms with Crippen LogP contribution in [0.2, 0.25) is 5.02 Å². The molecule has 1 atom stereocenters. The van der Waals surface area contributed by atoms with E-state index >= 15 is 0 Å². The molecule has 3 nitrogen and oxygen atoms in total. The van der Waals surface area contributed by atoms with Crippen molar-refractivity contribution < 1.29 is 4.79 Å². The minimum Gasteiger partial charge on any atom is -0.341 e. The van der Waals surface area contributed by atoms with E-state index in [4.69, 9.17) is 11.6 Å². The number of halogens is 1. The van der Waals surface area contributed by atoms with Gasteiger partial charge in [-0.05, 0) is 43.3 Å². The van der Waals surface area contributed by atoms with Gasteiger partial charge in [0.15, 0.2) is 0 Å². The number of hydrogen-bond donors (Lipinski definition) is 0. The first-order valence-corrected chi connectivity index (χ1v) is 9.28. The second-order valence-corrected chi connectivity index (χ2v) is 7.19. The van der Waals surface area contributed by atoms with Crippen LogP contribution in [0.3, 0.4) is 0 Å². The van der Waals surface area contributed by atoms with Crippen LogP contribution in [0.15, 0.2) is 54.6 Å². The Hall–Kier alpha value is -1.84. The lowest BCUT2D eigenvalue weighted by atomic mass is 9.88. The van der Waals surface area contributed by atoms with Crippen LogP contribution in [-0.4, -0.2) is 48.9 Å². The van der Waals surface area contributed by atoms with Crippen LogP contribution in [0.5, 0.6) is 0 Å². The Labute approximate surface area is 155 Å². The van der Waals surface area contributed by atoms with Gasteiger partial charge in [-0.2, -0.15) is 0 Å². The molecule has 25 heavy (non-hydrogen) atoms. The number of carbonyl (C=O) groups is 1. The summed E-state index contributed by atoms with van der Waals surface area (Å²) in [5, 5.41) is 0.720. The SMILES string of the molecule is CN1CCCN(C(=O)CC(c2ccccc2)c2ccc(Cl)cc2)CC1. The lowest BCUT2D eigenvalue weighted by Crippen LogP contribution is -2.35. The Kier molecular flexibility index (Phi) is 6.11. The summed E-state index contributed by atoms with van der Waals surface area (Å²) in [6.07, 6.45) is 1.54. The Morgan fingerprint density at radius 2 is 1.64 bits per heavy atom. The summed E-state index contributed by atoms with van der Waals surface area (Å²) in [6, 6.07) is 18.1. The first-order valence-electron chi connectivity index (χ1n) is 8.90. The van der Waals surface area contributed by atoms with Crippen LogP contribution in [0.25, 0.3) is 0 Å². The Morgan fingerprint density at radius 3 is 2.36 bits per heavy atom. The molecule has 4 heteroatoms. The normalized spacial score (nSPS) is 17.1. The number of amides is 1. The van der Waals surface area contributed by atoms with Gasteiger partial charge in [0.25, 0.3) is 0 Å². The summed E-state index contributed by atoms with van der Waals surface area (Å²) in [4.78, 5) is 17.3. The smallest absolute Gasteiger partial charge is 0.223 e. The molecule has 1 aliphatic heterocycles. The van der Waals surface area contributed by atoms with Crippen LogP contribution < -0.4 is 0 Å². The molecule has 0 saturated carbocycles. The predicted octanol–water partition coefficient (Wildman–Crippen LogP) is 4.03. The quantitative estimate of drug-likeness (QED) is 0.825. The lowest BCUT2D eigenvalue weighted by molar-refractivity contribution is -0.131. The standard InChI is InChI=1S/C21H25ClN2O/c1-23-12-5-13-24(15-14-23)21(25)16-20(17-6-3-2-4-7-17)18-8-10-19(22)11-9-18/h2-4,6-11,20H,5,12-16H2,1H3. The zero-order valence-corrected chi connectivity index (χ0v) is 15.5. The largest absolute Gasteiger partial charge is 0.341 e. The summed E-state index contributed by atoms with van der Waals surface area (Å²) >= 11 is 6.04. The van der Waals surface area contributed by atoms with Crippen molar-refractivity contribution in [1.82, 2.24) is 9.80 Å². The van der Waals surface area contributed by atoms with Crippen LogP contribution in [0.4, 0.5) is 0 Å². The van der Waals surface area contributed by atoms with E-state index in [1.54, 1.807) is 0 Å². The van der Waals surface area contributed by atoms with E-state index in [9.17, 15) is 4.79 Å². The van der Waals surface area contributed by atoms with Crippen molar-refractivity contribution in [2.75, 3.05) is 33.2 Å². The van der Waals surface area contributed by atoms with Crippen molar-refractivity contribution in [3.63, 3.8) is 0 Å². The summed E-state index contributed by atoms with van der Waals surface area (Å²) in [7, 11) is 2.12. The second kappa shape index (κ2) is 8.50. The fourth-order valence-electron chi connectivity index (χ4n) is 3.41. The molecule has 0 radical (unpaired) electrons. The zero-order chi connectivity index (χ0) is 17.6. The summed E-state index contributed by atoms with van der Waals surface area (Å²) in [6.45, 7) is 3.68. The van der Waals surface area contributed by atoms with Crippen molar-refractivity contribution in [2.45, 2.75) is 18.8 Å². The minimum atomic E-state index is 0.0620. The van der Waals surface area contributed by atoms with Crippen molar-refractivity contribution in [3.8, 4) is 0 Å².